The molecule has 0 bridgehead atoms. The predicted octanol–water partition coefficient (Wildman–Crippen LogP) is 3.23. The molecule has 2 N–H and O–H groups in total. The lowest BCUT2D eigenvalue weighted by Gasteiger charge is -2.34. The van der Waals surface area contributed by atoms with E-state index in [2.05, 4.69) is 17.6 Å². The van der Waals surface area contributed by atoms with E-state index < -0.39 is 5.60 Å². The van der Waals surface area contributed by atoms with Crippen LogP contribution in [-0.2, 0) is 9.47 Å². The van der Waals surface area contributed by atoms with Gasteiger partial charge in [0, 0.05) is 18.6 Å². The smallest absolute Gasteiger partial charge is 0.407 e. The first-order chi connectivity index (χ1) is 10.8. The summed E-state index contributed by atoms with van der Waals surface area (Å²) < 4.78 is 11.3. The van der Waals surface area contributed by atoms with Crippen molar-refractivity contribution in [2.45, 2.75) is 90.0 Å². The summed E-state index contributed by atoms with van der Waals surface area (Å²) >= 11 is 0. The highest BCUT2D eigenvalue weighted by Crippen LogP contribution is 2.26. The summed E-state index contributed by atoms with van der Waals surface area (Å²) in [6.07, 6.45) is 6.62. The number of rotatable bonds is 6. The summed E-state index contributed by atoms with van der Waals surface area (Å²) in [6, 6.07) is 0.932. The fourth-order valence-electron chi connectivity index (χ4n) is 3.41. The molecule has 5 nitrogen and oxygen atoms in total. The average molecular weight is 326 g/mol. The molecule has 0 radical (unpaired) electrons. The van der Waals surface area contributed by atoms with Crippen LogP contribution in [0, 0.1) is 5.92 Å². The highest BCUT2D eigenvalue weighted by Gasteiger charge is 2.26. The molecule has 2 fully saturated rings. The van der Waals surface area contributed by atoms with Crippen LogP contribution in [0.3, 0.4) is 0 Å². The molecule has 2 aliphatic rings. The summed E-state index contributed by atoms with van der Waals surface area (Å²) in [4.78, 5) is 11.8. The van der Waals surface area contributed by atoms with Gasteiger partial charge < -0.3 is 20.1 Å². The molecular weight excluding hydrogens is 292 g/mol. The maximum atomic E-state index is 11.8. The maximum absolute atomic E-state index is 11.8. The van der Waals surface area contributed by atoms with E-state index in [1.807, 2.05) is 20.8 Å². The summed E-state index contributed by atoms with van der Waals surface area (Å²) in [5.41, 5.74) is -0.435. The SMILES string of the molecule is CC1CC(NCCOC2CCC(NC(=O)OC(C)(C)C)CC2)C1. The Morgan fingerprint density at radius 2 is 1.74 bits per heavy atom. The van der Waals surface area contributed by atoms with E-state index in [-0.39, 0.29) is 12.1 Å². The van der Waals surface area contributed by atoms with Crippen LogP contribution in [0.25, 0.3) is 0 Å². The Morgan fingerprint density at radius 3 is 2.30 bits per heavy atom. The van der Waals surface area contributed by atoms with Crippen molar-refractivity contribution in [3.63, 3.8) is 0 Å². The van der Waals surface area contributed by atoms with Crippen molar-refractivity contribution in [3.05, 3.63) is 0 Å². The maximum Gasteiger partial charge on any atom is 0.407 e. The van der Waals surface area contributed by atoms with Crippen LogP contribution in [0.4, 0.5) is 4.79 Å². The molecule has 0 atom stereocenters. The molecule has 2 rings (SSSR count). The number of carbonyl (C=O) groups is 1. The van der Waals surface area contributed by atoms with Gasteiger partial charge in [-0.3, -0.25) is 0 Å². The van der Waals surface area contributed by atoms with E-state index in [0.717, 1.165) is 44.8 Å². The Bertz CT molecular complexity index is 367. The fourth-order valence-corrected chi connectivity index (χ4v) is 3.41. The molecular formula is C18H34N2O3. The van der Waals surface area contributed by atoms with Crippen molar-refractivity contribution in [2.75, 3.05) is 13.2 Å². The van der Waals surface area contributed by atoms with Crippen LogP contribution in [0.5, 0.6) is 0 Å². The van der Waals surface area contributed by atoms with Gasteiger partial charge in [-0.15, -0.1) is 0 Å². The number of hydrogen-bond donors (Lipinski definition) is 2. The Balaban J connectivity index is 1.51. The first-order valence-electron chi connectivity index (χ1n) is 9.16. The zero-order valence-electron chi connectivity index (χ0n) is 15.2. The first-order valence-corrected chi connectivity index (χ1v) is 9.16. The zero-order valence-corrected chi connectivity index (χ0v) is 15.2. The minimum atomic E-state index is -0.435. The second kappa shape index (κ2) is 8.34. The molecule has 0 saturated heterocycles. The minimum absolute atomic E-state index is 0.222. The van der Waals surface area contributed by atoms with E-state index in [0.29, 0.717) is 12.1 Å². The van der Waals surface area contributed by atoms with Gasteiger partial charge in [0.05, 0.1) is 12.7 Å². The van der Waals surface area contributed by atoms with Crippen molar-refractivity contribution in [1.82, 2.24) is 10.6 Å². The standard InChI is InChI=1S/C18H34N2O3/c1-13-11-15(12-13)19-9-10-22-16-7-5-14(6-8-16)20-17(21)23-18(2,3)4/h13-16,19H,5-12H2,1-4H3,(H,20,21). The number of carbonyl (C=O) groups excluding carboxylic acids is 1. The quantitative estimate of drug-likeness (QED) is 0.736. The first kappa shape index (κ1) is 18.5. The van der Waals surface area contributed by atoms with E-state index in [1.54, 1.807) is 0 Å². The molecule has 0 aliphatic heterocycles. The van der Waals surface area contributed by atoms with Crippen molar-refractivity contribution in [3.8, 4) is 0 Å². The van der Waals surface area contributed by atoms with Gasteiger partial charge in [-0.1, -0.05) is 6.92 Å². The van der Waals surface area contributed by atoms with Gasteiger partial charge in [0.15, 0.2) is 0 Å². The highest BCUT2D eigenvalue weighted by atomic mass is 16.6. The molecule has 0 aromatic carbocycles. The van der Waals surface area contributed by atoms with Gasteiger partial charge >= 0.3 is 6.09 Å². The van der Waals surface area contributed by atoms with Crippen LogP contribution in [0.15, 0.2) is 0 Å². The highest BCUT2D eigenvalue weighted by molar-refractivity contribution is 5.68. The second-order valence-corrected chi connectivity index (χ2v) is 8.22. The third-order valence-corrected chi connectivity index (χ3v) is 4.66. The van der Waals surface area contributed by atoms with Gasteiger partial charge in [-0.25, -0.2) is 4.79 Å². The number of hydrogen-bond acceptors (Lipinski definition) is 4. The summed E-state index contributed by atoms with van der Waals surface area (Å²) in [6.45, 7) is 9.70. The van der Waals surface area contributed by atoms with Crippen LogP contribution in [0.2, 0.25) is 0 Å². The van der Waals surface area contributed by atoms with Crippen LogP contribution >= 0.6 is 0 Å². The van der Waals surface area contributed by atoms with Crippen LogP contribution in [-0.4, -0.2) is 43.0 Å². The average Bonchev–Trinajstić information content (AvgIpc) is 2.41. The molecule has 134 valence electrons. The lowest BCUT2D eigenvalue weighted by Crippen LogP contribution is -2.43. The Hall–Kier alpha value is -0.810. The Labute approximate surface area is 140 Å². The van der Waals surface area contributed by atoms with Gasteiger partial charge in [0.1, 0.15) is 5.60 Å². The largest absolute Gasteiger partial charge is 0.444 e. The van der Waals surface area contributed by atoms with Gasteiger partial charge in [-0.2, -0.15) is 0 Å². The molecule has 5 heteroatoms. The molecule has 1 amide bonds. The number of nitrogens with one attached hydrogen (secondary N) is 2. The molecule has 0 spiro atoms. The van der Waals surface area contributed by atoms with Gasteiger partial charge in [0.25, 0.3) is 0 Å². The molecule has 0 unspecified atom stereocenters. The molecule has 23 heavy (non-hydrogen) atoms. The third-order valence-electron chi connectivity index (χ3n) is 4.66. The molecule has 0 aromatic heterocycles. The van der Waals surface area contributed by atoms with E-state index in [9.17, 15) is 4.79 Å². The van der Waals surface area contributed by atoms with Gasteiger partial charge in [-0.05, 0) is 65.2 Å². The minimum Gasteiger partial charge on any atom is -0.444 e. The number of amides is 1. The normalized spacial score (nSPS) is 31.3. The van der Waals surface area contributed by atoms with Crippen molar-refractivity contribution in [1.29, 1.82) is 0 Å². The van der Waals surface area contributed by atoms with Crippen molar-refractivity contribution < 1.29 is 14.3 Å². The monoisotopic (exact) mass is 326 g/mol. The van der Waals surface area contributed by atoms with Crippen LogP contribution in [0.1, 0.15) is 66.2 Å². The Kier molecular flexibility index (Phi) is 6.72. The fraction of sp³-hybridized carbons (Fsp3) is 0.944. The summed E-state index contributed by atoms with van der Waals surface area (Å²) in [7, 11) is 0. The second-order valence-electron chi connectivity index (χ2n) is 8.22. The summed E-state index contributed by atoms with van der Waals surface area (Å²) in [5.74, 6) is 0.890. The summed E-state index contributed by atoms with van der Waals surface area (Å²) in [5, 5.41) is 6.52. The van der Waals surface area contributed by atoms with E-state index >= 15 is 0 Å². The zero-order chi connectivity index (χ0) is 16.9. The van der Waals surface area contributed by atoms with Crippen LogP contribution < -0.4 is 10.6 Å². The Morgan fingerprint density at radius 1 is 1.09 bits per heavy atom. The predicted molar refractivity (Wildman–Crippen MR) is 91.6 cm³/mol. The topological polar surface area (TPSA) is 59.6 Å². The number of ether oxygens (including phenoxy) is 2. The van der Waals surface area contributed by atoms with Crippen molar-refractivity contribution in [2.24, 2.45) is 5.92 Å². The number of alkyl carbamates (subject to hydrolysis) is 1. The van der Waals surface area contributed by atoms with Crippen molar-refractivity contribution >= 4 is 6.09 Å². The third kappa shape index (κ3) is 7.08. The molecule has 0 aromatic rings. The lowest BCUT2D eigenvalue weighted by molar-refractivity contribution is 0.0174. The lowest BCUT2D eigenvalue weighted by atomic mass is 9.82. The molecule has 2 aliphatic carbocycles. The molecule has 2 saturated carbocycles. The molecule has 0 heterocycles. The van der Waals surface area contributed by atoms with E-state index in [1.165, 1.54) is 12.8 Å². The van der Waals surface area contributed by atoms with Gasteiger partial charge in [0.2, 0.25) is 0 Å². The van der Waals surface area contributed by atoms with E-state index in [4.69, 9.17) is 9.47 Å².